The third-order valence-electron chi connectivity index (χ3n) is 3.06. The molecule has 0 unspecified atom stereocenters. The summed E-state index contributed by atoms with van der Waals surface area (Å²) >= 11 is 0. The highest BCUT2D eigenvalue weighted by Gasteiger charge is 2.19. The van der Waals surface area contributed by atoms with E-state index in [9.17, 15) is 8.42 Å². The van der Waals surface area contributed by atoms with Crippen LogP contribution in [0.15, 0.2) is 47.9 Å². The minimum Gasteiger partial charge on any atom is -0.392 e. The Balaban J connectivity index is 2.30. The number of nitrogens with zero attached hydrogens (tertiary/aromatic N) is 2. The molecule has 1 aromatic carbocycles. The lowest BCUT2D eigenvalue weighted by Crippen LogP contribution is -2.14. The summed E-state index contributed by atoms with van der Waals surface area (Å²) in [5.41, 5.74) is 1.11. The van der Waals surface area contributed by atoms with Crippen molar-refractivity contribution in [2.45, 2.75) is 24.9 Å². The van der Waals surface area contributed by atoms with Crippen LogP contribution in [0, 0.1) is 0 Å². The van der Waals surface area contributed by atoms with Gasteiger partial charge in [0.05, 0.1) is 18.6 Å². The van der Waals surface area contributed by atoms with Gasteiger partial charge in [0, 0.05) is 12.2 Å². The van der Waals surface area contributed by atoms with E-state index in [0.717, 1.165) is 0 Å². The summed E-state index contributed by atoms with van der Waals surface area (Å²) in [4.78, 5) is 3.95. The van der Waals surface area contributed by atoms with Gasteiger partial charge in [-0.25, -0.2) is 4.98 Å². The quantitative estimate of drug-likeness (QED) is 0.855. The van der Waals surface area contributed by atoms with Gasteiger partial charge in [-0.3, -0.25) is 4.72 Å². The fourth-order valence-electron chi connectivity index (χ4n) is 1.85. The lowest BCUT2D eigenvalue weighted by atomic mass is 10.2. The van der Waals surface area contributed by atoms with Crippen molar-refractivity contribution in [3.8, 4) is 0 Å². The Labute approximate surface area is 130 Å². The number of imidazole rings is 1. The van der Waals surface area contributed by atoms with Gasteiger partial charge in [0.2, 0.25) is 0 Å². The summed E-state index contributed by atoms with van der Waals surface area (Å²) in [7, 11) is -3.75. The van der Waals surface area contributed by atoms with Crippen molar-refractivity contribution < 1.29 is 13.5 Å². The molecule has 22 heavy (non-hydrogen) atoms. The Bertz CT molecular complexity index is 764. The first-order valence-corrected chi connectivity index (χ1v) is 8.35. The van der Waals surface area contributed by atoms with Crippen molar-refractivity contribution >= 4 is 21.8 Å². The van der Waals surface area contributed by atoms with Crippen molar-refractivity contribution in [3.05, 3.63) is 48.4 Å². The highest BCUT2D eigenvalue weighted by Crippen LogP contribution is 2.21. The molecule has 118 valence electrons. The molecular weight excluding hydrogens is 302 g/mol. The molecule has 0 aliphatic carbocycles. The normalized spacial score (nSPS) is 12.2. The predicted octanol–water partition coefficient (Wildman–Crippen LogP) is 2.27. The number of nitrogens with one attached hydrogen (secondary N) is 1. The number of sulfonamides is 1. The number of aliphatic hydroxyl groups is 1. The summed E-state index contributed by atoms with van der Waals surface area (Å²) in [6.45, 7) is 3.78. The molecule has 0 saturated carbocycles. The van der Waals surface area contributed by atoms with Crippen LogP contribution in [-0.4, -0.2) is 29.7 Å². The van der Waals surface area contributed by atoms with E-state index >= 15 is 0 Å². The number of para-hydroxylation sites is 1. The molecule has 0 aliphatic rings. The average molecular weight is 321 g/mol. The zero-order valence-electron chi connectivity index (χ0n) is 12.5. The van der Waals surface area contributed by atoms with E-state index in [1.165, 1.54) is 12.5 Å². The summed E-state index contributed by atoms with van der Waals surface area (Å²) in [5.74, 6) is 0. The molecule has 6 nitrogen and oxygen atoms in total. The monoisotopic (exact) mass is 321 g/mol. The van der Waals surface area contributed by atoms with E-state index in [0.29, 0.717) is 11.3 Å². The first-order valence-electron chi connectivity index (χ1n) is 6.87. The molecule has 0 aliphatic heterocycles. The van der Waals surface area contributed by atoms with E-state index in [2.05, 4.69) is 9.71 Å². The fraction of sp³-hybridized carbons (Fsp3) is 0.267. The summed E-state index contributed by atoms with van der Waals surface area (Å²) in [5, 5.41) is 8.82. The van der Waals surface area contributed by atoms with Crippen LogP contribution >= 0.6 is 0 Å². The molecular formula is C15H19N3O3S. The van der Waals surface area contributed by atoms with Crippen molar-refractivity contribution in [2.75, 3.05) is 11.3 Å². The van der Waals surface area contributed by atoms with Gasteiger partial charge >= 0.3 is 0 Å². The standard InChI is InChI=1S/C15H19N3O3S/c1-12(2)18-10-15(16-11-18)22(20,21)17-14-8-4-3-6-13(14)7-5-9-19/h3-8,10-12,17,19H,9H2,1-2H3. The van der Waals surface area contributed by atoms with Gasteiger partial charge in [0.1, 0.15) is 0 Å². The summed E-state index contributed by atoms with van der Waals surface area (Å²) < 4.78 is 29.1. The second-order valence-electron chi connectivity index (χ2n) is 5.03. The van der Waals surface area contributed by atoms with E-state index in [1.807, 2.05) is 13.8 Å². The maximum atomic E-state index is 12.4. The summed E-state index contributed by atoms with van der Waals surface area (Å²) in [6, 6.07) is 7.09. The number of hydrogen-bond acceptors (Lipinski definition) is 4. The van der Waals surface area contributed by atoms with Gasteiger partial charge in [-0.1, -0.05) is 30.4 Å². The van der Waals surface area contributed by atoms with Crippen LogP contribution in [-0.2, 0) is 10.0 Å². The number of anilines is 1. The minimum absolute atomic E-state index is 0.0258. The van der Waals surface area contributed by atoms with Gasteiger partial charge in [0.25, 0.3) is 10.0 Å². The fourth-order valence-corrected chi connectivity index (χ4v) is 2.88. The first-order chi connectivity index (χ1) is 10.4. The molecule has 2 aromatic rings. The molecule has 7 heteroatoms. The lowest BCUT2D eigenvalue weighted by molar-refractivity contribution is 0.343. The number of rotatable bonds is 6. The second-order valence-corrected chi connectivity index (χ2v) is 6.66. The topological polar surface area (TPSA) is 84.2 Å². The maximum Gasteiger partial charge on any atom is 0.280 e. The SMILES string of the molecule is CC(C)n1cnc(S(=O)(=O)Nc2ccccc2C=CCO)c1. The van der Waals surface area contributed by atoms with Gasteiger partial charge < -0.3 is 9.67 Å². The molecule has 0 fully saturated rings. The highest BCUT2D eigenvalue weighted by atomic mass is 32.2. The van der Waals surface area contributed by atoms with E-state index in [1.54, 1.807) is 41.0 Å². The van der Waals surface area contributed by atoms with Crippen LogP contribution in [0.4, 0.5) is 5.69 Å². The van der Waals surface area contributed by atoms with Crippen LogP contribution in [0.25, 0.3) is 6.08 Å². The minimum atomic E-state index is -3.75. The van der Waals surface area contributed by atoms with E-state index < -0.39 is 10.0 Å². The number of aromatic nitrogens is 2. The van der Waals surface area contributed by atoms with Gasteiger partial charge in [-0.15, -0.1) is 0 Å². The van der Waals surface area contributed by atoms with Crippen molar-refractivity contribution in [1.82, 2.24) is 9.55 Å². The molecule has 0 radical (unpaired) electrons. The van der Waals surface area contributed by atoms with Gasteiger partial charge in [-0.05, 0) is 25.5 Å². The Kier molecular flexibility index (Phi) is 4.99. The third kappa shape index (κ3) is 3.75. The lowest BCUT2D eigenvalue weighted by Gasteiger charge is -2.09. The van der Waals surface area contributed by atoms with E-state index in [4.69, 9.17) is 5.11 Å². The molecule has 2 rings (SSSR count). The zero-order valence-corrected chi connectivity index (χ0v) is 13.3. The number of hydrogen-bond donors (Lipinski definition) is 2. The van der Waals surface area contributed by atoms with Crippen LogP contribution in [0.1, 0.15) is 25.5 Å². The van der Waals surface area contributed by atoms with E-state index in [-0.39, 0.29) is 17.7 Å². The zero-order chi connectivity index (χ0) is 16.2. The highest BCUT2D eigenvalue weighted by molar-refractivity contribution is 7.92. The number of benzene rings is 1. The average Bonchev–Trinajstić information content (AvgIpc) is 2.97. The van der Waals surface area contributed by atoms with Gasteiger partial charge in [0.15, 0.2) is 5.03 Å². The Morgan fingerprint density at radius 2 is 2.09 bits per heavy atom. The van der Waals surface area contributed by atoms with Crippen molar-refractivity contribution in [1.29, 1.82) is 0 Å². The van der Waals surface area contributed by atoms with Gasteiger partial charge in [-0.2, -0.15) is 8.42 Å². The summed E-state index contributed by atoms with van der Waals surface area (Å²) in [6.07, 6.45) is 6.20. The Morgan fingerprint density at radius 3 is 2.73 bits per heavy atom. The molecule has 0 bridgehead atoms. The Hall–Kier alpha value is -2.12. The first kappa shape index (κ1) is 16.3. The van der Waals surface area contributed by atoms with Crippen LogP contribution in [0.2, 0.25) is 0 Å². The largest absolute Gasteiger partial charge is 0.392 e. The maximum absolute atomic E-state index is 12.4. The molecule has 0 amide bonds. The molecule has 1 aromatic heterocycles. The van der Waals surface area contributed by atoms with Crippen LogP contribution in [0.3, 0.4) is 0 Å². The molecule has 0 atom stereocenters. The number of aliphatic hydroxyl groups excluding tert-OH is 1. The van der Waals surface area contributed by atoms with Crippen molar-refractivity contribution in [3.63, 3.8) is 0 Å². The predicted molar refractivity (Wildman–Crippen MR) is 86.0 cm³/mol. The Morgan fingerprint density at radius 1 is 1.36 bits per heavy atom. The third-order valence-corrected chi connectivity index (χ3v) is 4.31. The van der Waals surface area contributed by atoms with Crippen LogP contribution in [0.5, 0.6) is 0 Å². The molecule has 0 spiro atoms. The van der Waals surface area contributed by atoms with Crippen molar-refractivity contribution in [2.24, 2.45) is 0 Å². The molecule has 2 N–H and O–H groups in total. The second kappa shape index (κ2) is 6.76. The molecule has 0 saturated heterocycles. The van der Waals surface area contributed by atoms with Crippen LogP contribution < -0.4 is 4.72 Å². The smallest absolute Gasteiger partial charge is 0.280 e. The molecule has 1 heterocycles.